The van der Waals surface area contributed by atoms with Crippen molar-refractivity contribution in [2.45, 2.75) is 38.2 Å². The first kappa shape index (κ1) is 11.6. The smallest absolute Gasteiger partial charge is 0.0552 e. The lowest BCUT2D eigenvalue weighted by atomic mass is 9.89. The van der Waals surface area contributed by atoms with Crippen LogP contribution in [0.15, 0.2) is 24.3 Å². The standard InChI is InChI=1S/C14H21NO/c1-11(16)9-12-3-2-4-14(10-12)13-5-7-15-8-6-13/h2-4,10-11,13,15-16H,5-9H2,1H3. The number of aliphatic hydroxyl groups is 1. The second-order valence-corrected chi connectivity index (χ2v) is 4.82. The molecule has 2 nitrogen and oxygen atoms in total. The van der Waals surface area contributed by atoms with Gasteiger partial charge in [0.1, 0.15) is 0 Å². The van der Waals surface area contributed by atoms with E-state index in [9.17, 15) is 5.11 Å². The Morgan fingerprint density at radius 1 is 1.38 bits per heavy atom. The van der Waals surface area contributed by atoms with Gasteiger partial charge in [-0.15, -0.1) is 0 Å². The van der Waals surface area contributed by atoms with Crippen LogP contribution in [0, 0.1) is 0 Å². The van der Waals surface area contributed by atoms with Gasteiger partial charge in [0.05, 0.1) is 6.10 Å². The van der Waals surface area contributed by atoms with Gasteiger partial charge in [0.25, 0.3) is 0 Å². The second-order valence-electron chi connectivity index (χ2n) is 4.82. The number of nitrogens with one attached hydrogen (secondary N) is 1. The van der Waals surface area contributed by atoms with E-state index in [4.69, 9.17) is 0 Å². The Hall–Kier alpha value is -0.860. The fraction of sp³-hybridized carbons (Fsp3) is 0.571. The van der Waals surface area contributed by atoms with Gasteiger partial charge < -0.3 is 10.4 Å². The molecule has 0 aliphatic carbocycles. The summed E-state index contributed by atoms with van der Waals surface area (Å²) in [5, 5.41) is 12.8. The summed E-state index contributed by atoms with van der Waals surface area (Å²) in [5.74, 6) is 0.704. The highest BCUT2D eigenvalue weighted by molar-refractivity contribution is 5.27. The predicted molar refractivity (Wildman–Crippen MR) is 66.7 cm³/mol. The van der Waals surface area contributed by atoms with Gasteiger partial charge in [-0.3, -0.25) is 0 Å². The van der Waals surface area contributed by atoms with Crippen LogP contribution in [-0.2, 0) is 6.42 Å². The van der Waals surface area contributed by atoms with Crippen molar-refractivity contribution >= 4 is 0 Å². The molecular formula is C14H21NO. The molecule has 1 fully saturated rings. The lowest BCUT2D eigenvalue weighted by Crippen LogP contribution is -2.26. The summed E-state index contributed by atoms with van der Waals surface area (Å²) in [6.45, 7) is 4.10. The first-order valence-corrected chi connectivity index (χ1v) is 6.23. The van der Waals surface area contributed by atoms with Crippen molar-refractivity contribution < 1.29 is 5.11 Å². The lowest BCUT2D eigenvalue weighted by Gasteiger charge is -2.23. The van der Waals surface area contributed by atoms with E-state index in [1.165, 1.54) is 24.0 Å². The molecule has 0 aromatic heterocycles. The second kappa shape index (κ2) is 5.46. The van der Waals surface area contributed by atoms with E-state index in [-0.39, 0.29) is 6.10 Å². The topological polar surface area (TPSA) is 32.3 Å². The van der Waals surface area contributed by atoms with Crippen molar-refractivity contribution in [3.8, 4) is 0 Å². The monoisotopic (exact) mass is 219 g/mol. The van der Waals surface area contributed by atoms with Crippen LogP contribution in [0.25, 0.3) is 0 Å². The lowest BCUT2D eigenvalue weighted by molar-refractivity contribution is 0.195. The Morgan fingerprint density at radius 3 is 2.81 bits per heavy atom. The molecule has 0 radical (unpaired) electrons. The molecule has 1 saturated heterocycles. The molecule has 2 N–H and O–H groups in total. The van der Waals surface area contributed by atoms with Crippen molar-refractivity contribution in [2.24, 2.45) is 0 Å². The van der Waals surface area contributed by atoms with E-state index in [0.717, 1.165) is 19.5 Å². The molecule has 1 aromatic rings. The SMILES string of the molecule is CC(O)Cc1cccc(C2CCNCC2)c1. The molecule has 0 amide bonds. The van der Waals surface area contributed by atoms with Crippen LogP contribution in [0.1, 0.15) is 36.8 Å². The fourth-order valence-electron chi connectivity index (χ4n) is 2.47. The Balaban J connectivity index is 2.08. The maximum absolute atomic E-state index is 9.40. The van der Waals surface area contributed by atoms with Crippen molar-refractivity contribution in [3.05, 3.63) is 35.4 Å². The first-order valence-electron chi connectivity index (χ1n) is 6.23. The highest BCUT2D eigenvalue weighted by Gasteiger charge is 2.15. The molecule has 0 saturated carbocycles. The Kier molecular flexibility index (Phi) is 3.97. The third kappa shape index (κ3) is 3.06. The van der Waals surface area contributed by atoms with Crippen LogP contribution in [0.5, 0.6) is 0 Å². The summed E-state index contributed by atoms with van der Waals surface area (Å²) in [7, 11) is 0. The average Bonchev–Trinajstić information content (AvgIpc) is 2.30. The van der Waals surface area contributed by atoms with E-state index < -0.39 is 0 Å². The minimum absolute atomic E-state index is 0.247. The maximum atomic E-state index is 9.40. The van der Waals surface area contributed by atoms with Gasteiger partial charge in [-0.25, -0.2) is 0 Å². The van der Waals surface area contributed by atoms with Crippen molar-refractivity contribution in [1.82, 2.24) is 5.32 Å². The predicted octanol–water partition coefficient (Wildman–Crippen LogP) is 2.08. The highest BCUT2D eigenvalue weighted by atomic mass is 16.3. The molecule has 1 aliphatic rings. The number of hydrogen-bond donors (Lipinski definition) is 2. The molecule has 1 aromatic carbocycles. The fourth-order valence-corrected chi connectivity index (χ4v) is 2.47. The van der Waals surface area contributed by atoms with Crippen LogP contribution < -0.4 is 5.32 Å². The third-order valence-corrected chi connectivity index (χ3v) is 3.29. The van der Waals surface area contributed by atoms with Gasteiger partial charge in [0.15, 0.2) is 0 Å². The Bertz CT molecular complexity index is 329. The maximum Gasteiger partial charge on any atom is 0.0552 e. The number of hydrogen-bond acceptors (Lipinski definition) is 2. The normalized spacial score (nSPS) is 19.6. The largest absolute Gasteiger partial charge is 0.393 e. The first-order chi connectivity index (χ1) is 7.75. The van der Waals surface area contributed by atoms with Crippen LogP contribution >= 0.6 is 0 Å². The summed E-state index contributed by atoms with van der Waals surface area (Å²) in [4.78, 5) is 0. The van der Waals surface area contributed by atoms with Gasteiger partial charge in [0.2, 0.25) is 0 Å². The molecule has 1 heterocycles. The minimum atomic E-state index is -0.247. The van der Waals surface area contributed by atoms with Gasteiger partial charge >= 0.3 is 0 Å². The molecule has 16 heavy (non-hydrogen) atoms. The van der Waals surface area contributed by atoms with Crippen LogP contribution in [0.3, 0.4) is 0 Å². The van der Waals surface area contributed by atoms with Gasteiger partial charge in [-0.1, -0.05) is 24.3 Å². The molecule has 0 bridgehead atoms. The Labute approximate surface area is 97.7 Å². The molecule has 0 spiro atoms. The van der Waals surface area contributed by atoms with Crippen molar-refractivity contribution in [1.29, 1.82) is 0 Å². The molecule has 2 rings (SSSR count). The van der Waals surface area contributed by atoms with Crippen molar-refractivity contribution in [2.75, 3.05) is 13.1 Å². The third-order valence-electron chi connectivity index (χ3n) is 3.29. The molecular weight excluding hydrogens is 198 g/mol. The molecule has 1 atom stereocenters. The number of piperidine rings is 1. The molecule has 88 valence electrons. The average molecular weight is 219 g/mol. The zero-order chi connectivity index (χ0) is 11.4. The highest BCUT2D eigenvalue weighted by Crippen LogP contribution is 2.25. The number of aliphatic hydroxyl groups excluding tert-OH is 1. The summed E-state index contributed by atoms with van der Waals surface area (Å²) >= 11 is 0. The van der Waals surface area contributed by atoms with Crippen LogP contribution in [0.4, 0.5) is 0 Å². The minimum Gasteiger partial charge on any atom is -0.393 e. The molecule has 1 aliphatic heterocycles. The van der Waals surface area contributed by atoms with E-state index in [1.54, 1.807) is 0 Å². The van der Waals surface area contributed by atoms with Crippen molar-refractivity contribution in [3.63, 3.8) is 0 Å². The summed E-state index contributed by atoms with van der Waals surface area (Å²) in [6, 6.07) is 8.72. The quantitative estimate of drug-likeness (QED) is 0.815. The van der Waals surface area contributed by atoms with Gasteiger partial charge in [-0.05, 0) is 56.3 Å². The summed E-state index contributed by atoms with van der Waals surface area (Å²) in [6.07, 6.45) is 2.98. The zero-order valence-corrected chi connectivity index (χ0v) is 9.95. The Morgan fingerprint density at radius 2 is 2.12 bits per heavy atom. The molecule has 1 unspecified atom stereocenters. The van der Waals surface area contributed by atoms with E-state index in [2.05, 4.69) is 29.6 Å². The van der Waals surface area contributed by atoms with Gasteiger partial charge in [-0.2, -0.15) is 0 Å². The summed E-state index contributed by atoms with van der Waals surface area (Å²) < 4.78 is 0. The van der Waals surface area contributed by atoms with E-state index in [1.807, 2.05) is 6.92 Å². The van der Waals surface area contributed by atoms with E-state index in [0.29, 0.717) is 5.92 Å². The van der Waals surface area contributed by atoms with Gasteiger partial charge in [0, 0.05) is 0 Å². The number of rotatable bonds is 3. The zero-order valence-electron chi connectivity index (χ0n) is 9.95. The van der Waals surface area contributed by atoms with Crippen LogP contribution in [0.2, 0.25) is 0 Å². The van der Waals surface area contributed by atoms with E-state index >= 15 is 0 Å². The summed E-state index contributed by atoms with van der Waals surface area (Å²) in [5.41, 5.74) is 2.70. The molecule has 2 heteroatoms. The van der Waals surface area contributed by atoms with Crippen LogP contribution in [-0.4, -0.2) is 24.3 Å². The number of benzene rings is 1.